The van der Waals surface area contributed by atoms with E-state index < -0.39 is 11.3 Å². The van der Waals surface area contributed by atoms with E-state index in [1.807, 2.05) is 0 Å². The van der Waals surface area contributed by atoms with Gasteiger partial charge in [-0.15, -0.1) is 6.58 Å². The van der Waals surface area contributed by atoms with Crippen LogP contribution in [0.2, 0.25) is 0 Å². The second-order valence-electron chi connectivity index (χ2n) is 4.10. The zero-order valence-corrected chi connectivity index (χ0v) is 10.3. The van der Waals surface area contributed by atoms with Gasteiger partial charge in [0, 0.05) is 23.0 Å². The van der Waals surface area contributed by atoms with Crippen LogP contribution < -0.4 is 10.9 Å². The summed E-state index contributed by atoms with van der Waals surface area (Å²) in [6.45, 7) is 3.85. The summed E-state index contributed by atoms with van der Waals surface area (Å²) in [6.07, 6.45) is 1.51. The van der Waals surface area contributed by atoms with Crippen LogP contribution in [0.1, 0.15) is 5.56 Å². The van der Waals surface area contributed by atoms with Crippen molar-refractivity contribution in [2.24, 2.45) is 0 Å². The quantitative estimate of drug-likeness (QED) is 0.718. The highest BCUT2D eigenvalue weighted by atomic mass is 16.3. The summed E-state index contributed by atoms with van der Waals surface area (Å²) in [5, 5.41) is 13.1. The standard InChI is InChI=1S/C14H14N2O3/c1-2-7-15-12(17)8-10-9-5-3-4-6-11(9)16-14(19)13(10)18/h2-6,18H,1,7-8H2,(H,15,17)(H,16,19). The summed E-state index contributed by atoms with van der Waals surface area (Å²) in [7, 11) is 0. The summed E-state index contributed by atoms with van der Waals surface area (Å²) in [4.78, 5) is 25.9. The summed E-state index contributed by atoms with van der Waals surface area (Å²) in [5.41, 5.74) is 0.336. The number of aromatic hydroxyl groups is 1. The Kier molecular flexibility index (Phi) is 3.66. The van der Waals surface area contributed by atoms with Crippen molar-refractivity contribution < 1.29 is 9.90 Å². The molecule has 0 aliphatic heterocycles. The number of amides is 1. The maximum atomic E-state index is 11.7. The van der Waals surface area contributed by atoms with Gasteiger partial charge in [0.05, 0.1) is 6.42 Å². The molecule has 1 aromatic heterocycles. The number of rotatable bonds is 4. The zero-order valence-electron chi connectivity index (χ0n) is 10.3. The van der Waals surface area contributed by atoms with Crippen LogP contribution in [0.3, 0.4) is 0 Å². The summed E-state index contributed by atoms with van der Waals surface area (Å²) in [6, 6.07) is 7.03. The average Bonchev–Trinajstić information content (AvgIpc) is 2.41. The number of H-pyrrole nitrogens is 1. The average molecular weight is 258 g/mol. The second-order valence-corrected chi connectivity index (χ2v) is 4.10. The molecule has 0 fully saturated rings. The Morgan fingerprint density at radius 3 is 2.89 bits per heavy atom. The SMILES string of the molecule is C=CCNC(=O)Cc1c(O)c(=O)[nH]c2ccccc12. The number of nitrogens with one attached hydrogen (secondary N) is 2. The van der Waals surface area contributed by atoms with Crippen molar-refractivity contribution in [2.45, 2.75) is 6.42 Å². The fraction of sp³-hybridized carbons (Fsp3) is 0.143. The van der Waals surface area contributed by atoms with E-state index in [9.17, 15) is 14.7 Å². The highest BCUT2D eigenvalue weighted by Crippen LogP contribution is 2.22. The third kappa shape index (κ3) is 2.65. The number of carbonyl (C=O) groups excluding carboxylic acids is 1. The monoisotopic (exact) mass is 258 g/mol. The van der Waals surface area contributed by atoms with Crippen LogP contribution in [0.5, 0.6) is 5.75 Å². The summed E-state index contributed by atoms with van der Waals surface area (Å²) >= 11 is 0. The topological polar surface area (TPSA) is 82.2 Å². The van der Waals surface area contributed by atoms with Gasteiger partial charge in [-0.2, -0.15) is 0 Å². The molecule has 0 saturated carbocycles. The molecule has 0 saturated heterocycles. The van der Waals surface area contributed by atoms with Crippen molar-refractivity contribution in [1.82, 2.24) is 10.3 Å². The number of para-hydroxylation sites is 1. The van der Waals surface area contributed by atoms with Crippen LogP contribution >= 0.6 is 0 Å². The third-order valence-electron chi connectivity index (χ3n) is 2.78. The molecule has 19 heavy (non-hydrogen) atoms. The Morgan fingerprint density at radius 2 is 2.16 bits per heavy atom. The smallest absolute Gasteiger partial charge is 0.290 e. The molecule has 3 N–H and O–H groups in total. The van der Waals surface area contributed by atoms with Gasteiger partial charge in [0.1, 0.15) is 0 Å². The molecule has 0 aliphatic carbocycles. The van der Waals surface area contributed by atoms with Crippen molar-refractivity contribution in [3.05, 3.63) is 52.8 Å². The van der Waals surface area contributed by atoms with Crippen LogP contribution in [-0.4, -0.2) is 22.5 Å². The Morgan fingerprint density at radius 1 is 1.42 bits per heavy atom. The molecule has 0 radical (unpaired) electrons. The van der Waals surface area contributed by atoms with Crippen molar-refractivity contribution in [3.8, 4) is 5.75 Å². The van der Waals surface area contributed by atoms with Crippen LogP contribution in [0.15, 0.2) is 41.7 Å². The van der Waals surface area contributed by atoms with Gasteiger partial charge in [-0.25, -0.2) is 0 Å². The molecule has 0 bridgehead atoms. The molecule has 1 heterocycles. The molecule has 0 unspecified atom stereocenters. The third-order valence-corrected chi connectivity index (χ3v) is 2.78. The first-order valence-electron chi connectivity index (χ1n) is 5.84. The van der Waals surface area contributed by atoms with E-state index in [1.165, 1.54) is 0 Å². The number of hydrogen-bond acceptors (Lipinski definition) is 3. The number of benzene rings is 1. The Labute approximate surface area is 109 Å². The predicted octanol–water partition coefficient (Wildman–Crippen LogP) is 1.08. The van der Waals surface area contributed by atoms with Crippen LogP contribution in [0.4, 0.5) is 0 Å². The van der Waals surface area contributed by atoms with Crippen LogP contribution in [0.25, 0.3) is 10.9 Å². The highest BCUT2D eigenvalue weighted by Gasteiger charge is 2.14. The molecule has 1 aromatic carbocycles. The minimum atomic E-state index is -0.592. The molecular formula is C14H14N2O3. The van der Waals surface area contributed by atoms with Crippen molar-refractivity contribution in [3.63, 3.8) is 0 Å². The lowest BCUT2D eigenvalue weighted by Gasteiger charge is -2.08. The van der Waals surface area contributed by atoms with E-state index in [1.54, 1.807) is 30.3 Å². The van der Waals surface area contributed by atoms with Gasteiger partial charge in [0.2, 0.25) is 5.91 Å². The van der Waals surface area contributed by atoms with Crippen LogP contribution in [0, 0.1) is 0 Å². The second kappa shape index (κ2) is 5.39. The maximum absolute atomic E-state index is 11.7. The lowest BCUT2D eigenvalue weighted by Crippen LogP contribution is -2.25. The minimum Gasteiger partial charge on any atom is -0.503 e. The first-order chi connectivity index (χ1) is 9.13. The predicted molar refractivity (Wildman–Crippen MR) is 73.1 cm³/mol. The fourth-order valence-electron chi connectivity index (χ4n) is 1.89. The summed E-state index contributed by atoms with van der Waals surface area (Å²) in [5.74, 6) is -0.682. The molecule has 2 aromatic rings. The number of aromatic nitrogens is 1. The molecule has 0 aliphatic rings. The number of fused-ring (bicyclic) bond motifs is 1. The first kappa shape index (κ1) is 12.9. The van der Waals surface area contributed by atoms with E-state index in [-0.39, 0.29) is 12.3 Å². The van der Waals surface area contributed by atoms with Gasteiger partial charge >= 0.3 is 0 Å². The number of aromatic amines is 1. The molecule has 5 nitrogen and oxygen atoms in total. The van der Waals surface area contributed by atoms with Gasteiger partial charge in [-0.3, -0.25) is 9.59 Å². The highest BCUT2D eigenvalue weighted by molar-refractivity contribution is 5.89. The largest absolute Gasteiger partial charge is 0.503 e. The lowest BCUT2D eigenvalue weighted by atomic mass is 10.0. The molecular weight excluding hydrogens is 244 g/mol. The molecule has 2 rings (SSSR count). The first-order valence-corrected chi connectivity index (χ1v) is 5.84. The molecule has 1 amide bonds. The van der Waals surface area contributed by atoms with E-state index >= 15 is 0 Å². The van der Waals surface area contributed by atoms with Crippen molar-refractivity contribution >= 4 is 16.8 Å². The Hall–Kier alpha value is -2.56. The lowest BCUT2D eigenvalue weighted by molar-refractivity contribution is -0.120. The fourth-order valence-corrected chi connectivity index (χ4v) is 1.89. The van der Waals surface area contributed by atoms with E-state index in [0.717, 1.165) is 0 Å². The Bertz CT molecular complexity index is 689. The number of pyridine rings is 1. The molecule has 0 spiro atoms. The number of hydrogen-bond donors (Lipinski definition) is 3. The molecule has 0 atom stereocenters. The van der Waals surface area contributed by atoms with Gasteiger partial charge in [-0.1, -0.05) is 24.3 Å². The molecule has 98 valence electrons. The van der Waals surface area contributed by atoms with Gasteiger partial charge in [0.15, 0.2) is 5.75 Å². The maximum Gasteiger partial charge on any atom is 0.290 e. The van der Waals surface area contributed by atoms with Crippen molar-refractivity contribution in [2.75, 3.05) is 6.54 Å². The minimum absolute atomic E-state index is 0.0515. The van der Waals surface area contributed by atoms with E-state index in [0.29, 0.717) is 23.0 Å². The zero-order chi connectivity index (χ0) is 13.8. The van der Waals surface area contributed by atoms with Crippen molar-refractivity contribution in [1.29, 1.82) is 0 Å². The summed E-state index contributed by atoms with van der Waals surface area (Å²) < 4.78 is 0. The normalized spacial score (nSPS) is 10.3. The van der Waals surface area contributed by atoms with E-state index in [4.69, 9.17) is 0 Å². The van der Waals surface area contributed by atoms with Crippen LogP contribution in [-0.2, 0) is 11.2 Å². The Balaban J connectivity index is 2.46. The van der Waals surface area contributed by atoms with Gasteiger partial charge in [-0.05, 0) is 6.07 Å². The van der Waals surface area contributed by atoms with E-state index in [2.05, 4.69) is 16.9 Å². The molecule has 5 heteroatoms. The van der Waals surface area contributed by atoms with Gasteiger partial charge in [0.25, 0.3) is 5.56 Å². The van der Waals surface area contributed by atoms with Gasteiger partial charge < -0.3 is 15.4 Å². The number of carbonyl (C=O) groups is 1.